The highest BCUT2D eigenvalue weighted by atomic mass is 16.5. The first kappa shape index (κ1) is 18.6. The highest BCUT2D eigenvalue weighted by molar-refractivity contribution is 5.93. The summed E-state index contributed by atoms with van der Waals surface area (Å²) in [5.74, 6) is 1.39. The maximum Gasteiger partial charge on any atom is 0.272 e. The van der Waals surface area contributed by atoms with Gasteiger partial charge in [0.25, 0.3) is 5.91 Å². The Balaban J connectivity index is 1.50. The Hall–Kier alpha value is -2.76. The Morgan fingerprint density at radius 2 is 1.82 bits per heavy atom. The maximum absolute atomic E-state index is 13.1. The van der Waals surface area contributed by atoms with Crippen LogP contribution in [0.3, 0.4) is 0 Å². The zero-order valence-electron chi connectivity index (χ0n) is 16.5. The molecule has 1 aromatic heterocycles. The number of anilines is 1. The number of rotatable bonds is 5. The number of hydrogen-bond donors (Lipinski definition) is 1. The van der Waals surface area contributed by atoms with Crippen LogP contribution in [0.25, 0.3) is 0 Å². The molecule has 1 aromatic carbocycles. The molecule has 0 unspecified atom stereocenters. The van der Waals surface area contributed by atoms with Gasteiger partial charge < -0.3 is 19.7 Å². The maximum atomic E-state index is 13.1. The molecule has 1 amide bonds. The Morgan fingerprint density at radius 3 is 2.54 bits per heavy atom. The number of fused-ring (bicyclic) bond motifs is 1. The molecule has 4 rings (SSSR count). The quantitative estimate of drug-likeness (QED) is 0.856. The van der Waals surface area contributed by atoms with Gasteiger partial charge in [0.15, 0.2) is 11.5 Å². The molecule has 28 heavy (non-hydrogen) atoms. The largest absolute Gasteiger partial charge is 0.493 e. The second kappa shape index (κ2) is 8.09. The van der Waals surface area contributed by atoms with Gasteiger partial charge in [0.1, 0.15) is 5.69 Å². The number of carbonyl (C=O) groups is 1. The molecule has 2 aliphatic rings. The van der Waals surface area contributed by atoms with Crippen LogP contribution in [0.5, 0.6) is 11.5 Å². The van der Waals surface area contributed by atoms with Crippen LogP contribution in [0.4, 0.5) is 5.69 Å². The fraction of sp³-hybridized carbons (Fsp3) is 0.455. The second-order valence-corrected chi connectivity index (χ2v) is 7.51. The van der Waals surface area contributed by atoms with Crippen molar-refractivity contribution in [2.75, 3.05) is 26.1 Å². The molecule has 0 saturated heterocycles. The smallest absolute Gasteiger partial charge is 0.272 e. The van der Waals surface area contributed by atoms with E-state index in [0.29, 0.717) is 30.6 Å². The van der Waals surface area contributed by atoms with Crippen molar-refractivity contribution in [1.82, 2.24) is 9.88 Å². The monoisotopic (exact) mass is 381 g/mol. The number of benzene rings is 1. The summed E-state index contributed by atoms with van der Waals surface area (Å²) in [6, 6.07) is 8.32. The van der Waals surface area contributed by atoms with Gasteiger partial charge in [-0.3, -0.25) is 9.78 Å². The van der Waals surface area contributed by atoms with Crippen molar-refractivity contribution < 1.29 is 14.3 Å². The van der Waals surface area contributed by atoms with Gasteiger partial charge in [-0.15, -0.1) is 0 Å². The van der Waals surface area contributed by atoms with Crippen molar-refractivity contribution in [3.05, 3.63) is 47.3 Å². The lowest BCUT2D eigenvalue weighted by atomic mass is 9.98. The van der Waals surface area contributed by atoms with Gasteiger partial charge >= 0.3 is 0 Å². The average Bonchev–Trinajstić information content (AvgIpc) is 3.25. The van der Waals surface area contributed by atoms with E-state index in [9.17, 15) is 4.79 Å². The van der Waals surface area contributed by atoms with Crippen molar-refractivity contribution in [3.8, 4) is 11.5 Å². The minimum atomic E-state index is -0.0319. The van der Waals surface area contributed by atoms with Crippen LogP contribution in [0.2, 0.25) is 0 Å². The lowest BCUT2D eigenvalue weighted by molar-refractivity contribution is 0.0728. The summed E-state index contributed by atoms with van der Waals surface area (Å²) in [6.07, 6.45) is 7.45. The molecule has 2 heterocycles. The molecule has 1 fully saturated rings. The molecule has 148 valence electrons. The minimum absolute atomic E-state index is 0.0319. The SMILES string of the molecule is COc1cc2c(cc1OC)CN(C(=O)c1cc(NC3CCCC3)ccn1)CC2. The molecule has 1 aliphatic heterocycles. The summed E-state index contributed by atoms with van der Waals surface area (Å²) in [4.78, 5) is 19.2. The van der Waals surface area contributed by atoms with E-state index in [-0.39, 0.29) is 5.91 Å². The molecule has 0 bridgehead atoms. The van der Waals surface area contributed by atoms with E-state index >= 15 is 0 Å². The molecular weight excluding hydrogens is 354 g/mol. The van der Waals surface area contributed by atoms with Gasteiger partial charge in [-0.25, -0.2) is 0 Å². The topological polar surface area (TPSA) is 63.7 Å². The lowest BCUT2D eigenvalue weighted by Crippen LogP contribution is -2.36. The van der Waals surface area contributed by atoms with Crippen LogP contribution < -0.4 is 14.8 Å². The summed E-state index contributed by atoms with van der Waals surface area (Å²) < 4.78 is 10.8. The van der Waals surface area contributed by atoms with E-state index < -0.39 is 0 Å². The number of hydrogen-bond acceptors (Lipinski definition) is 5. The van der Waals surface area contributed by atoms with Crippen molar-refractivity contribution in [1.29, 1.82) is 0 Å². The van der Waals surface area contributed by atoms with Crippen molar-refractivity contribution in [2.45, 2.75) is 44.7 Å². The van der Waals surface area contributed by atoms with Crippen molar-refractivity contribution >= 4 is 11.6 Å². The molecule has 2 aromatic rings. The summed E-state index contributed by atoms with van der Waals surface area (Å²) in [5.41, 5.74) is 3.77. The number of ether oxygens (including phenoxy) is 2. The Bertz CT molecular complexity index is 862. The fourth-order valence-corrected chi connectivity index (χ4v) is 4.16. The summed E-state index contributed by atoms with van der Waals surface area (Å²) >= 11 is 0. The Labute approximate surface area is 165 Å². The molecule has 0 spiro atoms. The molecular formula is C22H27N3O3. The molecule has 0 radical (unpaired) electrons. The first-order valence-corrected chi connectivity index (χ1v) is 9.93. The third kappa shape index (κ3) is 3.77. The van der Waals surface area contributed by atoms with E-state index in [1.54, 1.807) is 20.4 Å². The molecule has 6 nitrogen and oxygen atoms in total. The number of carbonyl (C=O) groups excluding carboxylic acids is 1. The van der Waals surface area contributed by atoms with Crippen molar-refractivity contribution in [3.63, 3.8) is 0 Å². The molecule has 0 atom stereocenters. The highest BCUT2D eigenvalue weighted by Crippen LogP contribution is 2.33. The Morgan fingerprint density at radius 1 is 1.11 bits per heavy atom. The first-order chi connectivity index (χ1) is 13.7. The van der Waals surface area contributed by atoms with E-state index in [4.69, 9.17) is 9.47 Å². The fourth-order valence-electron chi connectivity index (χ4n) is 4.16. The van der Waals surface area contributed by atoms with E-state index in [2.05, 4.69) is 10.3 Å². The van der Waals surface area contributed by atoms with E-state index in [1.807, 2.05) is 29.2 Å². The molecule has 1 aliphatic carbocycles. The number of nitrogens with one attached hydrogen (secondary N) is 1. The average molecular weight is 381 g/mol. The third-order valence-electron chi connectivity index (χ3n) is 5.71. The van der Waals surface area contributed by atoms with Crippen LogP contribution in [0.1, 0.15) is 47.3 Å². The first-order valence-electron chi connectivity index (χ1n) is 9.93. The number of pyridine rings is 1. The number of nitrogens with zero attached hydrogens (tertiary/aromatic N) is 2. The number of aromatic nitrogens is 1. The van der Waals surface area contributed by atoms with Crippen LogP contribution in [0, 0.1) is 0 Å². The zero-order valence-corrected chi connectivity index (χ0v) is 16.5. The standard InChI is InChI=1S/C22H27N3O3/c1-27-20-11-15-8-10-25(14-16(15)12-21(20)28-2)22(26)19-13-18(7-9-23-19)24-17-5-3-4-6-17/h7,9,11-13,17H,3-6,8,10,14H2,1-2H3,(H,23,24). The van der Waals surface area contributed by atoms with Gasteiger partial charge in [0.2, 0.25) is 0 Å². The summed E-state index contributed by atoms with van der Waals surface area (Å²) in [5, 5.41) is 3.54. The summed E-state index contributed by atoms with van der Waals surface area (Å²) in [7, 11) is 3.27. The predicted octanol–water partition coefficient (Wildman–Crippen LogP) is 3.65. The van der Waals surface area contributed by atoms with E-state index in [1.165, 1.54) is 31.2 Å². The number of amides is 1. The van der Waals surface area contributed by atoms with Crippen LogP contribution in [-0.2, 0) is 13.0 Å². The van der Waals surface area contributed by atoms with E-state index in [0.717, 1.165) is 23.4 Å². The molecule has 1 N–H and O–H groups in total. The minimum Gasteiger partial charge on any atom is -0.493 e. The third-order valence-corrected chi connectivity index (χ3v) is 5.71. The second-order valence-electron chi connectivity index (χ2n) is 7.51. The van der Waals surface area contributed by atoms with Crippen LogP contribution in [0.15, 0.2) is 30.5 Å². The van der Waals surface area contributed by atoms with Crippen LogP contribution >= 0.6 is 0 Å². The van der Waals surface area contributed by atoms with Gasteiger partial charge in [-0.05, 0) is 54.7 Å². The normalized spacial score (nSPS) is 16.6. The van der Waals surface area contributed by atoms with Gasteiger partial charge in [-0.2, -0.15) is 0 Å². The lowest BCUT2D eigenvalue weighted by Gasteiger charge is -2.29. The zero-order chi connectivity index (χ0) is 19.5. The van der Waals surface area contributed by atoms with Gasteiger partial charge in [-0.1, -0.05) is 12.8 Å². The van der Waals surface area contributed by atoms with Gasteiger partial charge in [0.05, 0.1) is 14.2 Å². The van der Waals surface area contributed by atoms with Gasteiger partial charge in [0, 0.05) is 31.0 Å². The van der Waals surface area contributed by atoms with Crippen molar-refractivity contribution in [2.24, 2.45) is 0 Å². The highest BCUT2D eigenvalue weighted by Gasteiger charge is 2.25. The van der Waals surface area contributed by atoms with Crippen LogP contribution in [-0.4, -0.2) is 42.6 Å². The summed E-state index contributed by atoms with van der Waals surface area (Å²) in [6.45, 7) is 1.22. The predicted molar refractivity (Wildman–Crippen MR) is 108 cm³/mol. The Kier molecular flexibility index (Phi) is 5.37. The number of methoxy groups -OCH3 is 2. The molecule has 1 saturated carbocycles. The molecule has 6 heteroatoms.